The van der Waals surface area contributed by atoms with E-state index in [4.69, 9.17) is 9.47 Å². The Morgan fingerprint density at radius 2 is 1.74 bits per heavy atom. The van der Waals surface area contributed by atoms with E-state index in [9.17, 15) is 9.59 Å². The van der Waals surface area contributed by atoms with Crippen LogP contribution in [0.25, 0.3) is 11.1 Å². The van der Waals surface area contributed by atoms with Crippen LogP contribution in [0, 0.1) is 0 Å². The lowest BCUT2D eigenvalue weighted by molar-refractivity contribution is -0.138. The van der Waals surface area contributed by atoms with Gasteiger partial charge in [0, 0.05) is 12.2 Å². The highest BCUT2D eigenvalue weighted by atomic mass is 16.5. The monoisotopic (exact) mass is 422 g/mol. The number of carbonyl (C=O) groups is 2. The SMILES string of the molecule is CCOC(=O)/C=C(C)/C=C/C=C(\C)c1ccc2c(c1)/C(=C/C(=O)OCC)CCC2(C)C. The number of fused-ring (bicyclic) bond motifs is 1. The van der Waals surface area contributed by atoms with Gasteiger partial charge in [-0.2, -0.15) is 0 Å². The molecule has 1 aliphatic rings. The Morgan fingerprint density at radius 3 is 2.42 bits per heavy atom. The Kier molecular flexibility index (Phi) is 8.61. The van der Waals surface area contributed by atoms with Gasteiger partial charge in [-0.25, -0.2) is 9.59 Å². The third-order valence-electron chi connectivity index (χ3n) is 5.49. The second-order valence-corrected chi connectivity index (χ2v) is 8.42. The number of allylic oxidation sites excluding steroid dienone is 6. The van der Waals surface area contributed by atoms with Crippen molar-refractivity contribution in [3.05, 3.63) is 70.8 Å². The van der Waals surface area contributed by atoms with Gasteiger partial charge in [0.05, 0.1) is 13.2 Å². The van der Waals surface area contributed by atoms with Crippen LogP contribution in [-0.2, 0) is 24.5 Å². The van der Waals surface area contributed by atoms with E-state index in [0.717, 1.165) is 40.7 Å². The largest absolute Gasteiger partial charge is 0.463 e. The zero-order valence-electron chi connectivity index (χ0n) is 19.6. The molecule has 4 nitrogen and oxygen atoms in total. The third-order valence-corrected chi connectivity index (χ3v) is 5.49. The second kappa shape index (κ2) is 10.9. The van der Waals surface area contributed by atoms with Gasteiger partial charge in [-0.15, -0.1) is 0 Å². The minimum absolute atomic E-state index is 0.0619. The van der Waals surface area contributed by atoms with Gasteiger partial charge in [0.25, 0.3) is 0 Å². The summed E-state index contributed by atoms with van der Waals surface area (Å²) in [7, 11) is 0. The Labute approximate surface area is 186 Å². The van der Waals surface area contributed by atoms with Crippen LogP contribution in [0.15, 0.2) is 54.2 Å². The van der Waals surface area contributed by atoms with E-state index in [1.807, 2.05) is 32.1 Å². The molecule has 1 aromatic rings. The van der Waals surface area contributed by atoms with E-state index >= 15 is 0 Å². The number of carbonyl (C=O) groups excluding carboxylic acids is 2. The molecule has 0 saturated heterocycles. The van der Waals surface area contributed by atoms with E-state index in [0.29, 0.717) is 13.2 Å². The van der Waals surface area contributed by atoms with Gasteiger partial charge in [-0.05, 0) is 85.4 Å². The minimum atomic E-state index is -0.330. The van der Waals surface area contributed by atoms with Crippen LogP contribution in [0.3, 0.4) is 0 Å². The lowest BCUT2D eigenvalue weighted by Crippen LogP contribution is -2.23. The number of rotatable bonds is 7. The average Bonchev–Trinajstić information content (AvgIpc) is 2.70. The molecule has 4 heteroatoms. The van der Waals surface area contributed by atoms with Crippen molar-refractivity contribution in [3.8, 4) is 0 Å². The molecule has 0 aromatic heterocycles. The summed E-state index contributed by atoms with van der Waals surface area (Å²) >= 11 is 0. The molecule has 0 saturated carbocycles. The number of hydrogen-bond acceptors (Lipinski definition) is 4. The fourth-order valence-corrected chi connectivity index (χ4v) is 3.70. The lowest BCUT2D eigenvalue weighted by atomic mass is 9.70. The van der Waals surface area contributed by atoms with Crippen LogP contribution in [0.2, 0.25) is 0 Å². The number of benzene rings is 1. The highest BCUT2D eigenvalue weighted by Crippen LogP contribution is 2.43. The van der Waals surface area contributed by atoms with E-state index in [-0.39, 0.29) is 17.4 Å². The molecule has 1 aliphatic carbocycles. The predicted molar refractivity (Wildman–Crippen MR) is 126 cm³/mol. The molecule has 0 heterocycles. The maximum absolute atomic E-state index is 12.1. The first-order chi connectivity index (χ1) is 14.7. The van der Waals surface area contributed by atoms with E-state index in [1.165, 1.54) is 11.6 Å². The third kappa shape index (κ3) is 6.81. The molecular weight excluding hydrogens is 388 g/mol. The highest BCUT2D eigenvalue weighted by Gasteiger charge is 2.30. The summed E-state index contributed by atoms with van der Waals surface area (Å²) in [5.74, 6) is -0.615. The predicted octanol–water partition coefficient (Wildman–Crippen LogP) is 6.17. The van der Waals surface area contributed by atoms with Gasteiger partial charge in [0.2, 0.25) is 0 Å². The van der Waals surface area contributed by atoms with Gasteiger partial charge in [-0.3, -0.25) is 0 Å². The normalized spacial score (nSPS) is 17.5. The Hall–Kier alpha value is -2.88. The van der Waals surface area contributed by atoms with Gasteiger partial charge >= 0.3 is 11.9 Å². The summed E-state index contributed by atoms with van der Waals surface area (Å²) in [5.41, 5.74) is 6.50. The minimum Gasteiger partial charge on any atom is -0.463 e. The van der Waals surface area contributed by atoms with Crippen LogP contribution in [0.1, 0.15) is 71.1 Å². The Balaban J connectivity index is 2.33. The van der Waals surface area contributed by atoms with Crippen LogP contribution in [-0.4, -0.2) is 25.2 Å². The first-order valence-electron chi connectivity index (χ1n) is 10.9. The van der Waals surface area contributed by atoms with Gasteiger partial charge in [0.15, 0.2) is 0 Å². The maximum atomic E-state index is 12.1. The van der Waals surface area contributed by atoms with Crippen molar-refractivity contribution in [2.75, 3.05) is 13.2 Å². The molecule has 2 rings (SSSR count). The summed E-state index contributed by atoms with van der Waals surface area (Å²) < 4.78 is 10.1. The second-order valence-electron chi connectivity index (χ2n) is 8.42. The Bertz CT molecular complexity index is 942. The molecule has 0 N–H and O–H groups in total. The van der Waals surface area contributed by atoms with Crippen LogP contribution >= 0.6 is 0 Å². The van der Waals surface area contributed by atoms with Crippen molar-refractivity contribution in [1.29, 1.82) is 0 Å². The van der Waals surface area contributed by atoms with Crippen molar-refractivity contribution in [2.24, 2.45) is 0 Å². The van der Waals surface area contributed by atoms with Crippen molar-refractivity contribution in [3.63, 3.8) is 0 Å². The van der Waals surface area contributed by atoms with Crippen molar-refractivity contribution >= 4 is 23.1 Å². The van der Waals surface area contributed by atoms with E-state index in [1.54, 1.807) is 13.0 Å². The van der Waals surface area contributed by atoms with Crippen LogP contribution in [0.5, 0.6) is 0 Å². The molecule has 0 fully saturated rings. The number of esters is 2. The molecule has 31 heavy (non-hydrogen) atoms. The van der Waals surface area contributed by atoms with Gasteiger partial charge in [-0.1, -0.05) is 44.2 Å². The molecule has 0 atom stereocenters. The average molecular weight is 423 g/mol. The van der Waals surface area contributed by atoms with Crippen LogP contribution < -0.4 is 0 Å². The maximum Gasteiger partial charge on any atom is 0.331 e. The summed E-state index contributed by atoms with van der Waals surface area (Å²) in [6.45, 7) is 12.8. The zero-order chi connectivity index (χ0) is 23.0. The number of ether oxygens (including phenoxy) is 2. The molecule has 166 valence electrons. The van der Waals surface area contributed by atoms with E-state index < -0.39 is 0 Å². The smallest absolute Gasteiger partial charge is 0.331 e. The van der Waals surface area contributed by atoms with Crippen LogP contribution in [0.4, 0.5) is 0 Å². The summed E-state index contributed by atoms with van der Waals surface area (Å²) in [4.78, 5) is 23.6. The Morgan fingerprint density at radius 1 is 1.06 bits per heavy atom. The summed E-state index contributed by atoms with van der Waals surface area (Å²) in [6.07, 6.45) is 10.8. The van der Waals surface area contributed by atoms with Crippen molar-refractivity contribution < 1.29 is 19.1 Å². The van der Waals surface area contributed by atoms with Crippen molar-refractivity contribution in [1.82, 2.24) is 0 Å². The molecular formula is C27H34O4. The van der Waals surface area contributed by atoms with Gasteiger partial charge < -0.3 is 9.47 Å². The first kappa shape index (κ1) is 24.4. The molecule has 1 aromatic carbocycles. The topological polar surface area (TPSA) is 52.6 Å². The molecule has 0 aliphatic heterocycles. The summed E-state index contributed by atoms with van der Waals surface area (Å²) in [5, 5.41) is 0. The molecule has 0 spiro atoms. The number of hydrogen-bond donors (Lipinski definition) is 0. The van der Waals surface area contributed by atoms with Crippen molar-refractivity contribution in [2.45, 2.75) is 59.8 Å². The lowest BCUT2D eigenvalue weighted by Gasteiger charge is -2.34. The van der Waals surface area contributed by atoms with E-state index in [2.05, 4.69) is 39.0 Å². The fraction of sp³-hybridized carbons (Fsp3) is 0.407. The van der Waals surface area contributed by atoms with Gasteiger partial charge in [0.1, 0.15) is 0 Å². The first-order valence-corrected chi connectivity index (χ1v) is 10.9. The molecule has 0 bridgehead atoms. The molecule has 0 radical (unpaired) electrons. The molecule has 0 amide bonds. The fourth-order valence-electron chi connectivity index (χ4n) is 3.70. The highest BCUT2D eigenvalue weighted by molar-refractivity contribution is 5.93. The quantitative estimate of drug-likeness (QED) is 0.299. The zero-order valence-corrected chi connectivity index (χ0v) is 19.6. The standard InChI is InChI=1S/C27H34O4/c1-7-30-25(28)16-19(3)10-9-11-20(4)21-12-13-24-23(17-21)22(14-15-27(24,5)6)18-26(29)31-8-2/h9-13,16-18H,7-8,14-15H2,1-6H3/b10-9+,19-16+,20-11+,22-18+. The summed E-state index contributed by atoms with van der Waals surface area (Å²) in [6, 6.07) is 6.48. The molecule has 0 unspecified atom stereocenters.